The number of hydrazine groups is 1. The van der Waals surface area contributed by atoms with E-state index in [2.05, 4.69) is 10.4 Å². The molecule has 2 amide bonds. The number of likely N-dealkylation sites (tertiary alicyclic amines) is 1. The lowest BCUT2D eigenvalue weighted by molar-refractivity contribution is -0.132. The van der Waals surface area contributed by atoms with Gasteiger partial charge in [-0.15, -0.1) is 11.3 Å². The third-order valence-corrected chi connectivity index (χ3v) is 4.04. The fraction of sp³-hybridized carbons (Fsp3) is 0.583. The fourth-order valence-corrected chi connectivity index (χ4v) is 2.83. The van der Waals surface area contributed by atoms with Gasteiger partial charge >= 0.3 is 0 Å². The van der Waals surface area contributed by atoms with Gasteiger partial charge in [0, 0.05) is 18.3 Å². The van der Waals surface area contributed by atoms with Crippen LogP contribution in [0.25, 0.3) is 0 Å². The van der Waals surface area contributed by atoms with Gasteiger partial charge in [-0.1, -0.05) is 12.8 Å². The number of hydrogen-bond acceptors (Lipinski definition) is 5. The second-order valence-corrected chi connectivity index (χ2v) is 5.46. The minimum absolute atomic E-state index is 0.178. The van der Waals surface area contributed by atoms with Crippen molar-refractivity contribution in [3.8, 4) is 0 Å². The Hall–Kier alpha value is -1.47. The molecule has 0 aliphatic carbocycles. The van der Waals surface area contributed by atoms with E-state index >= 15 is 0 Å². The summed E-state index contributed by atoms with van der Waals surface area (Å²) >= 11 is 1.24. The van der Waals surface area contributed by atoms with E-state index in [1.165, 1.54) is 17.8 Å². The van der Waals surface area contributed by atoms with Gasteiger partial charge in [-0.3, -0.25) is 15.0 Å². The standard InChI is InChI=1S/C12H18N4O2S/c13-15-11(18)12-14-9(8-19-12)7-16-6-4-2-1-3-5-10(16)17/h8H,1-7,13H2,(H,15,18). The number of nitrogens with two attached hydrogens (primary N) is 1. The molecule has 0 radical (unpaired) electrons. The van der Waals surface area contributed by atoms with Gasteiger partial charge in [0.05, 0.1) is 12.2 Å². The first-order valence-electron chi connectivity index (χ1n) is 6.44. The Labute approximate surface area is 116 Å². The molecule has 1 aromatic rings. The van der Waals surface area contributed by atoms with Crippen molar-refractivity contribution < 1.29 is 9.59 Å². The SMILES string of the molecule is NNC(=O)c1nc(CN2CCCCCCC2=O)cs1. The Morgan fingerprint density at radius 1 is 1.42 bits per heavy atom. The van der Waals surface area contributed by atoms with Crippen LogP contribution >= 0.6 is 11.3 Å². The highest BCUT2D eigenvalue weighted by Gasteiger charge is 2.18. The molecule has 2 heterocycles. The number of carbonyl (C=O) groups is 2. The van der Waals surface area contributed by atoms with Crippen molar-refractivity contribution in [1.82, 2.24) is 15.3 Å². The van der Waals surface area contributed by atoms with Crippen molar-refractivity contribution >= 4 is 23.2 Å². The van der Waals surface area contributed by atoms with Crippen LogP contribution < -0.4 is 11.3 Å². The van der Waals surface area contributed by atoms with E-state index < -0.39 is 5.91 Å². The smallest absolute Gasteiger partial charge is 0.294 e. The van der Waals surface area contributed by atoms with Gasteiger partial charge in [0.1, 0.15) is 0 Å². The van der Waals surface area contributed by atoms with Gasteiger partial charge < -0.3 is 4.90 Å². The predicted molar refractivity (Wildman–Crippen MR) is 72.3 cm³/mol. The van der Waals surface area contributed by atoms with Gasteiger partial charge in [-0.25, -0.2) is 10.8 Å². The first kappa shape index (κ1) is 14.0. The molecule has 7 heteroatoms. The Morgan fingerprint density at radius 2 is 2.21 bits per heavy atom. The van der Waals surface area contributed by atoms with Crippen molar-refractivity contribution in [3.05, 3.63) is 16.1 Å². The molecular formula is C12H18N4O2S. The number of aromatic nitrogens is 1. The number of amides is 2. The van der Waals surface area contributed by atoms with Gasteiger partial charge in [-0.2, -0.15) is 0 Å². The van der Waals surface area contributed by atoms with Gasteiger partial charge in [0.25, 0.3) is 5.91 Å². The molecule has 0 unspecified atom stereocenters. The summed E-state index contributed by atoms with van der Waals surface area (Å²) in [4.78, 5) is 29.3. The summed E-state index contributed by atoms with van der Waals surface area (Å²) in [5.74, 6) is 4.85. The van der Waals surface area contributed by atoms with E-state index in [0.29, 0.717) is 18.0 Å². The van der Waals surface area contributed by atoms with E-state index in [0.717, 1.165) is 31.5 Å². The largest absolute Gasteiger partial charge is 0.337 e. The Morgan fingerprint density at radius 3 is 3.00 bits per heavy atom. The summed E-state index contributed by atoms with van der Waals surface area (Å²) in [5.41, 5.74) is 2.80. The molecule has 6 nitrogen and oxygen atoms in total. The Bertz CT molecular complexity index is 460. The highest BCUT2D eigenvalue weighted by molar-refractivity contribution is 7.11. The fourth-order valence-electron chi connectivity index (χ4n) is 2.12. The summed E-state index contributed by atoms with van der Waals surface area (Å²) in [6.45, 7) is 1.25. The Kier molecular flexibility index (Phi) is 4.86. The van der Waals surface area contributed by atoms with Crippen LogP contribution in [0.1, 0.15) is 47.6 Å². The molecule has 2 rings (SSSR count). The summed E-state index contributed by atoms with van der Waals surface area (Å²) in [5, 5.41) is 2.13. The molecule has 0 aromatic carbocycles. The molecule has 1 fully saturated rings. The molecule has 0 atom stereocenters. The summed E-state index contributed by atoms with van der Waals surface area (Å²) in [7, 11) is 0. The average molecular weight is 282 g/mol. The van der Waals surface area contributed by atoms with Gasteiger partial charge in [0.15, 0.2) is 5.01 Å². The first-order valence-corrected chi connectivity index (χ1v) is 7.32. The summed E-state index contributed by atoms with van der Waals surface area (Å²) in [6.07, 6.45) is 4.91. The number of hydrogen-bond donors (Lipinski definition) is 2. The molecule has 104 valence electrons. The molecular weight excluding hydrogens is 264 g/mol. The van der Waals surface area contributed by atoms with Crippen molar-refractivity contribution in [2.45, 2.75) is 38.6 Å². The van der Waals surface area contributed by atoms with Crippen LogP contribution in [-0.2, 0) is 11.3 Å². The maximum absolute atomic E-state index is 12.0. The van der Waals surface area contributed by atoms with Crippen LogP contribution in [0.15, 0.2) is 5.38 Å². The number of nitrogens with zero attached hydrogens (tertiary/aromatic N) is 2. The quantitative estimate of drug-likeness (QED) is 0.492. The lowest BCUT2D eigenvalue weighted by Gasteiger charge is -2.23. The molecule has 1 aromatic heterocycles. The molecule has 3 N–H and O–H groups in total. The molecule has 1 saturated heterocycles. The number of carbonyl (C=O) groups excluding carboxylic acids is 2. The third-order valence-electron chi connectivity index (χ3n) is 3.15. The zero-order valence-electron chi connectivity index (χ0n) is 10.7. The van der Waals surface area contributed by atoms with E-state index in [4.69, 9.17) is 5.84 Å². The summed E-state index contributed by atoms with van der Waals surface area (Å²) < 4.78 is 0. The van der Waals surface area contributed by atoms with Crippen LogP contribution in [0.3, 0.4) is 0 Å². The van der Waals surface area contributed by atoms with Crippen LogP contribution in [0.2, 0.25) is 0 Å². The highest BCUT2D eigenvalue weighted by atomic mass is 32.1. The molecule has 1 aliphatic rings. The van der Waals surface area contributed by atoms with Crippen molar-refractivity contribution in [1.29, 1.82) is 0 Å². The molecule has 1 aliphatic heterocycles. The number of nitrogens with one attached hydrogen (secondary N) is 1. The van der Waals surface area contributed by atoms with Gasteiger partial charge in [-0.05, 0) is 12.8 Å². The molecule has 0 saturated carbocycles. The molecule has 0 spiro atoms. The second kappa shape index (κ2) is 6.63. The Balaban J connectivity index is 2.00. The van der Waals surface area contributed by atoms with E-state index in [1.807, 2.05) is 4.90 Å². The maximum atomic E-state index is 12.0. The average Bonchev–Trinajstić information content (AvgIpc) is 2.86. The van der Waals surface area contributed by atoms with Crippen molar-refractivity contribution in [2.24, 2.45) is 5.84 Å². The second-order valence-electron chi connectivity index (χ2n) is 4.60. The number of thiazole rings is 1. The topological polar surface area (TPSA) is 88.3 Å². The van der Waals surface area contributed by atoms with Crippen LogP contribution in [0.5, 0.6) is 0 Å². The van der Waals surface area contributed by atoms with Crippen molar-refractivity contribution in [2.75, 3.05) is 6.54 Å². The lowest BCUT2D eigenvalue weighted by Crippen LogP contribution is -2.32. The zero-order chi connectivity index (χ0) is 13.7. The normalized spacial score (nSPS) is 16.9. The lowest BCUT2D eigenvalue weighted by atomic mass is 10.1. The van der Waals surface area contributed by atoms with Crippen LogP contribution in [-0.4, -0.2) is 28.2 Å². The van der Waals surface area contributed by atoms with Crippen LogP contribution in [0, 0.1) is 0 Å². The zero-order valence-corrected chi connectivity index (χ0v) is 11.5. The van der Waals surface area contributed by atoms with E-state index in [1.54, 1.807) is 5.38 Å². The number of nitrogen functional groups attached to an aromatic ring is 1. The van der Waals surface area contributed by atoms with E-state index in [9.17, 15) is 9.59 Å². The number of rotatable bonds is 3. The first-order chi connectivity index (χ1) is 9.20. The van der Waals surface area contributed by atoms with Gasteiger partial charge in [0.2, 0.25) is 5.91 Å². The van der Waals surface area contributed by atoms with E-state index in [-0.39, 0.29) is 5.91 Å². The minimum atomic E-state index is -0.393. The maximum Gasteiger partial charge on any atom is 0.294 e. The minimum Gasteiger partial charge on any atom is -0.337 e. The predicted octanol–water partition coefficient (Wildman–Crippen LogP) is 1.04. The van der Waals surface area contributed by atoms with Crippen molar-refractivity contribution in [3.63, 3.8) is 0 Å². The van der Waals surface area contributed by atoms with Crippen LogP contribution in [0.4, 0.5) is 0 Å². The summed E-state index contributed by atoms with van der Waals surface area (Å²) in [6, 6.07) is 0. The highest BCUT2D eigenvalue weighted by Crippen LogP contribution is 2.16. The third kappa shape index (κ3) is 3.74. The molecule has 0 bridgehead atoms. The monoisotopic (exact) mass is 282 g/mol. The molecule has 19 heavy (non-hydrogen) atoms.